The van der Waals surface area contributed by atoms with Gasteiger partial charge in [0.15, 0.2) is 0 Å². The molecule has 2 rings (SSSR count). The van der Waals surface area contributed by atoms with Gasteiger partial charge in [-0.15, -0.1) is 0 Å². The first-order valence-corrected chi connectivity index (χ1v) is 8.05. The molecule has 0 saturated heterocycles. The van der Waals surface area contributed by atoms with Gasteiger partial charge in [-0.05, 0) is 37.6 Å². The van der Waals surface area contributed by atoms with Gasteiger partial charge in [-0.3, -0.25) is 14.4 Å². The number of carbonyl (C=O) groups excluding carboxylic acids is 2. The summed E-state index contributed by atoms with van der Waals surface area (Å²) < 4.78 is 0. The smallest absolute Gasteiger partial charge is 0.325 e. The monoisotopic (exact) mass is 352 g/mol. The van der Waals surface area contributed by atoms with Crippen LogP contribution < -0.4 is 10.6 Å². The number of aryl methyl sites for hydroxylation is 1. The molecule has 26 heavy (non-hydrogen) atoms. The number of amides is 2. The van der Waals surface area contributed by atoms with Gasteiger partial charge in [-0.1, -0.05) is 48.0 Å². The summed E-state index contributed by atoms with van der Waals surface area (Å²) in [5.74, 6) is -2.29. The fourth-order valence-corrected chi connectivity index (χ4v) is 2.11. The molecule has 0 bridgehead atoms. The lowest BCUT2D eigenvalue weighted by molar-refractivity contribution is -0.140. The van der Waals surface area contributed by atoms with Crippen LogP contribution in [0.3, 0.4) is 0 Å². The van der Waals surface area contributed by atoms with Crippen molar-refractivity contribution in [1.29, 1.82) is 0 Å². The van der Waals surface area contributed by atoms with Gasteiger partial charge in [0.05, 0.1) is 0 Å². The maximum atomic E-state index is 12.4. The second-order valence-electron chi connectivity index (χ2n) is 5.82. The molecular weight excluding hydrogens is 332 g/mol. The van der Waals surface area contributed by atoms with E-state index in [9.17, 15) is 14.4 Å². The molecule has 0 unspecified atom stereocenters. The van der Waals surface area contributed by atoms with Gasteiger partial charge < -0.3 is 15.7 Å². The largest absolute Gasteiger partial charge is 0.480 e. The highest BCUT2D eigenvalue weighted by Crippen LogP contribution is 2.08. The van der Waals surface area contributed by atoms with Crippen LogP contribution in [0.4, 0.5) is 0 Å². The molecule has 134 valence electrons. The Morgan fingerprint density at radius 2 is 1.62 bits per heavy atom. The van der Waals surface area contributed by atoms with Gasteiger partial charge >= 0.3 is 5.97 Å². The zero-order valence-electron chi connectivity index (χ0n) is 14.5. The summed E-state index contributed by atoms with van der Waals surface area (Å²) in [5, 5.41) is 13.9. The highest BCUT2D eigenvalue weighted by Gasteiger charge is 2.19. The van der Waals surface area contributed by atoms with Crippen molar-refractivity contribution < 1.29 is 19.5 Å². The van der Waals surface area contributed by atoms with Crippen LogP contribution in [0, 0.1) is 6.92 Å². The summed E-state index contributed by atoms with van der Waals surface area (Å²) in [7, 11) is 0. The van der Waals surface area contributed by atoms with Gasteiger partial charge in [0, 0.05) is 5.56 Å². The van der Waals surface area contributed by atoms with Gasteiger partial charge in [0.1, 0.15) is 11.7 Å². The van der Waals surface area contributed by atoms with E-state index < -0.39 is 23.8 Å². The minimum absolute atomic E-state index is 0.0325. The first-order valence-electron chi connectivity index (χ1n) is 8.05. The average molecular weight is 352 g/mol. The van der Waals surface area contributed by atoms with E-state index in [4.69, 9.17) is 5.11 Å². The number of carbonyl (C=O) groups is 3. The molecule has 0 aliphatic heterocycles. The molecule has 2 aromatic rings. The third-order valence-electron chi connectivity index (χ3n) is 3.64. The molecule has 2 amide bonds. The van der Waals surface area contributed by atoms with E-state index in [1.54, 1.807) is 48.5 Å². The number of nitrogens with one attached hydrogen (secondary N) is 2. The molecule has 6 heteroatoms. The first-order chi connectivity index (χ1) is 12.4. The molecule has 0 fully saturated rings. The Labute approximate surface area is 151 Å². The van der Waals surface area contributed by atoms with Crippen LogP contribution in [0.1, 0.15) is 28.4 Å². The Balaban J connectivity index is 2.26. The summed E-state index contributed by atoms with van der Waals surface area (Å²) in [6.07, 6.45) is 1.50. The molecule has 0 saturated carbocycles. The SMILES string of the molecule is Cc1ccc(C(=O)N/C(=C/c2ccccc2)C(=O)N[C@@H](C)C(=O)O)cc1. The number of carboxylic acid groups (broad SMARTS) is 1. The van der Waals surface area contributed by atoms with Gasteiger partial charge in [0.2, 0.25) is 0 Å². The lowest BCUT2D eigenvalue weighted by atomic mass is 10.1. The number of rotatable bonds is 6. The van der Waals surface area contributed by atoms with Crippen molar-refractivity contribution in [2.75, 3.05) is 0 Å². The molecule has 0 heterocycles. The maximum absolute atomic E-state index is 12.4. The van der Waals surface area contributed by atoms with Crippen molar-refractivity contribution in [2.24, 2.45) is 0 Å². The molecule has 2 aromatic carbocycles. The van der Waals surface area contributed by atoms with E-state index in [1.165, 1.54) is 13.0 Å². The summed E-state index contributed by atoms with van der Waals surface area (Å²) in [5.41, 5.74) is 2.07. The standard InChI is InChI=1S/C20H20N2O4/c1-13-8-10-16(11-9-13)18(23)22-17(12-15-6-4-3-5-7-15)19(24)21-14(2)20(25)26/h3-12,14H,1-2H3,(H,21,24)(H,22,23)(H,25,26)/b17-12+/t14-/m0/s1. The molecule has 1 atom stereocenters. The Morgan fingerprint density at radius 1 is 1.00 bits per heavy atom. The van der Waals surface area contributed by atoms with Crippen molar-refractivity contribution in [3.8, 4) is 0 Å². The normalized spacial score (nSPS) is 12.2. The van der Waals surface area contributed by atoms with Gasteiger partial charge in [0.25, 0.3) is 11.8 Å². The number of benzene rings is 2. The fraction of sp³-hybridized carbons (Fsp3) is 0.150. The lowest BCUT2D eigenvalue weighted by Gasteiger charge is -2.13. The molecule has 0 radical (unpaired) electrons. The Morgan fingerprint density at radius 3 is 2.19 bits per heavy atom. The van der Waals surface area contributed by atoms with Crippen LogP contribution in [0.2, 0.25) is 0 Å². The van der Waals surface area contributed by atoms with Crippen LogP contribution in [-0.4, -0.2) is 28.9 Å². The minimum Gasteiger partial charge on any atom is -0.480 e. The highest BCUT2D eigenvalue weighted by atomic mass is 16.4. The number of hydrogen-bond acceptors (Lipinski definition) is 3. The van der Waals surface area contributed by atoms with E-state index in [0.29, 0.717) is 11.1 Å². The topological polar surface area (TPSA) is 95.5 Å². The predicted octanol–water partition coefficient (Wildman–Crippen LogP) is 2.36. The van der Waals surface area contributed by atoms with Crippen LogP contribution in [0.15, 0.2) is 60.3 Å². The van der Waals surface area contributed by atoms with E-state index >= 15 is 0 Å². The predicted molar refractivity (Wildman–Crippen MR) is 98.3 cm³/mol. The van der Waals surface area contributed by atoms with Crippen molar-refractivity contribution in [3.05, 3.63) is 77.0 Å². The quantitative estimate of drug-likeness (QED) is 0.696. The zero-order valence-corrected chi connectivity index (χ0v) is 14.5. The second-order valence-corrected chi connectivity index (χ2v) is 5.82. The summed E-state index contributed by atoms with van der Waals surface area (Å²) in [6.45, 7) is 3.26. The average Bonchev–Trinajstić information content (AvgIpc) is 2.62. The number of aliphatic carboxylic acids is 1. The summed E-state index contributed by atoms with van der Waals surface area (Å²) >= 11 is 0. The van der Waals surface area contributed by atoms with Crippen LogP contribution >= 0.6 is 0 Å². The number of carboxylic acids is 1. The Bertz CT molecular complexity index is 827. The zero-order chi connectivity index (χ0) is 19.1. The molecular formula is C20H20N2O4. The molecule has 3 N–H and O–H groups in total. The van der Waals surface area contributed by atoms with E-state index in [1.807, 2.05) is 13.0 Å². The highest BCUT2D eigenvalue weighted by molar-refractivity contribution is 6.06. The van der Waals surface area contributed by atoms with Gasteiger partial charge in [-0.2, -0.15) is 0 Å². The lowest BCUT2D eigenvalue weighted by Crippen LogP contribution is -2.42. The van der Waals surface area contributed by atoms with Crippen molar-refractivity contribution in [3.63, 3.8) is 0 Å². The molecule has 6 nitrogen and oxygen atoms in total. The second kappa shape index (κ2) is 8.62. The van der Waals surface area contributed by atoms with E-state index in [-0.39, 0.29) is 5.70 Å². The number of hydrogen-bond donors (Lipinski definition) is 3. The Hall–Kier alpha value is -3.41. The van der Waals surface area contributed by atoms with Crippen LogP contribution in [-0.2, 0) is 9.59 Å². The van der Waals surface area contributed by atoms with Crippen molar-refractivity contribution in [2.45, 2.75) is 19.9 Å². The fourth-order valence-electron chi connectivity index (χ4n) is 2.11. The van der Waals surface area contributed by atoms with E-state index in [2.05, 4.69) is 10.6 Å². The third-order valence-corrected chi connectivity index (χ3v) is 3.64. The molecule has 0 aromatic heterocycles. The Kier molecular flexibility index (Phi) is 6.27. The van der Waals surface area contributed by atoms with Crippen LogP contribution in [0.5, 0.6) is 0 Å². The first kappa shape index (κ1) is 18.9. The molecule has 0 aliphatic rings. The maximum Gasteiger partial charge on any atom is 0.325 e. The van der Waals surface area contributed by atoms with Crippen molar-refractivity contribution in [1.82, 2.24) is 10.6 Å². The molecule has 0 aliphatic carbocycles. The summed E-state index contributed by atoms with van der Waals surface area (Å²) in [6, 6.07) is 14.8. The van der Waals surface area contributed by atoms with Crippen LogP contribution in [0.25, 0.3) is 6.08 Å². The summed E-state index contributed by atoms with van der Waals surface area (Å²) in [4.78, 5) is 35.8. The van der Waals surface area contributed by atoms with Crippen molar-refractivity contribution >= 4 is 23.9 Å². The van der Waals surface area contributed by atoms with Gasteiger partial charge in [-0.25, -0.2) is 0 Å². The third kappa shape index (κ3) is 5.31. The van der Waals surface area contributed by atoms with E-state index in [0.717, 1.165) is 5.56 Å². The minimum atomic E-state index is -1.16. The molecule has 0 spiro atoms.